The largest absolute Gasteiger partial charge is 0.452 e. The van der Waals surface area contributed by atoms with Crippen molar-refractivity contribution in [3.05, 3.63) is 29.8 Å². The molecule has 28 heavy (non-hydrogen) atoms. The number of benzene rings is 1. The molecule has 3 spiro atoms. The van der Waals surface area contributed by atoms with Gasteiger partial charge in [-0.15, -0.1) is 0 Å². The molecule has 7 aliphatic rings. The predicted molar refractivity (Wildman–Crippen MR) is 98.7 cm³/mol. The van der Waals surface area contributed by atoms with Crippen LogP contribution in [0, 0.1) is 17.3 Å². The summed E-state index contributed by atoms with van der Waals surface area (Å²) in [6, 6.07) is 7.97. The van der Waals surface area contributed by atoms with Gasteiger partial charge in [0.25, 0.3) is 0 Å². The van der Waals surface area contributed by atoms with Crippen molar-refractivity contribution in [2.24, 2.45) is 17.3 Å². The molecule has 0 N–H and O–H groups in total. The SMILES string of the molecule is COC(=O)N1c2ccccc2C23C4C(=O)C5CC6(CCCN(C4=O)C62)CCC513. The summed E-state index contributed by atoms with van der Waals surface area (Å²) in [4.78, 5) is 44.2. The third kappa shape index (κ3) is 1.15. The molecule has 4 saturated carbocycles. The number of carbonyl (C=O) groups is 3. The molecule has 0 aromatic heterocycles. The Labute approximate surface area is 162 Å². The van der Waals surface area contributed by atoms with Crippen LogP contribution in [0.4, 0.5) is 10.5 Å². The third-order valence-corrected chi connectivity index (χ3v) is 9.26. The number of ketones is 1. The molecule has 1 aromatic rings. The number of hydrogen-bond donors (Lipinski definition) is 0. The highest BCUT2D eigenvalue weighted by Crippen LogP contribution is 2.80. The Morgan fingerprint density at radius 2 is 2.00 bits per heavy atom. The highest BCUT2D eigenvalue weighted by Gasteiger charge is 2.90. The van der Waals surface area contributed by atoms with Crippen LogP contribution < -0.4 is 4.90 Å². The van der Waals surface area contributed by atoms with Crippen LogP contribution in [0.3, 0.4) is 0 Å². The summed E-state index contributed by atoms with van der Waals surface area (Å²) < 4.78 is 5.23. The fraction of sp³-hybridized carbons (Fsp3) is 0.591. The number of piperidine rings is 1. The summed E-state index contributed by atoms with van der Waals surface area (Å²) in [6.07, 6.45) is 4.25. The second-order valence-corrected chi connectivity index (χ2v) is 9.61. The maximum Gasteiger partial charge on any atom is 0.414 e. The standard InChI is InChI=1S/C22H22N2O4/c1-28-19(27)24-14-6-3-2-5-12(14)22-15-16(25)13-11-20(8-9-21(13,22)24)7-4-10-23(17(15)26)18(20)22/h2-3,5-6,13,15,18H,4,7-11H2,1H3. The first kappa shape index (κ1) is 15.5. The van der Waals surface area contributed by atoms with Gasteiger partial charge in [-0.1, -0.05) is 18.2 Å². The summed E-state index contributed by atoms with van der Waals surface area (Å²) in [6.45, 7) is 0.734. The van der Waals surface area contributed by atoms with E-state index >= 15 is 0 Å². The fourth-order valence-electron chi connectivity index (χ4n) is 8.89. The average Bonchev–Trinajstić information content (AvgIpc) is 3.21. The van der Waals surface area contributed by atoms with Crippen molar-refractivity contribution >= 4 is 23.5 Å². The number of nitrogens with zero attached hydrogens (tertiary/aromatic N) is 2. The Kier molecular flexibility index (Phi) is 2.38. The first-order chi connectivity index (χ1) is 13.5. The van der Waals surface area contributed by atoms with E-state index in [0.29, 0.717) is 0 Å². The maximum atomic E-state index is 13.7. The van der Waals surface area contributed by atoms with Crippen molar-refractivity contribution in [2.45, 2.75) is 49.1 Å². The molecule has 6 atom stereocenters. The molecule has 4 aliphatic carbocycles. The minimum atomic E-state index is -0.653. The van der Waals surface area contributed by atoms with Crippen LogP contribution in [-0.4, -0.2) is 47.9 Å². The number of anilines is 1. The summed E-state index contributed by atoms with van der Waals surface area (Å²) in [7, 11) is 1.40. The Bertz CT molecular complexity index is 1010. The smallest absolute Gasteiger partial charge is 0.414 e. The zero-order chi connectivity index (χ0) is 19.1. The summed E-state index contributed by atoms with van der Waals surface area (Å²) >= 11 is 0. The lowest BCUT2D eigenvalue weighted by atomic mass is 9.41. The van der Waals surface area contributed by atoms with Gasteiger partial charge in [0.15, 0.2) is 5.78 Å². The molecule has 0 radical (unpaired) electrons. The monoisotopic (exact) mass is 378 g/mol. The number of hydrogen-bond acceptors (Lipinski definition) is 4. The van der Waals surface area contributed by atoms with E-state index in [-0.39, 0.29) is 29.1 Å². The zero-order valence-electron chi connectivity index (χ0n) is 15.8. The number of carbonyl (C=O) groups excluding carboxylic acids is 3. The van der Waals surface area contributed by atoms with Crippen molar-refractivity contribution in [3.8, 4) is 0 Å². The van der Waals surface area contributed by atoms with Crippen LogP contribution in [0.5, 0.6) is 0 Å². The molecule has 6 nitrogen and oxygen atoms in total. The lowest BCUT2D eigenvalue weighted by Crippen LogP contribution is -2.76. The first-order valence-corrected chi connectivity index (χ1v) is 10.4. The molecule has 144 valence electrons. The van der Waals surface area contributed by atoms with Gasteiger partial charge in [0.05, 0.1) is 29.8 Å². The van der Waals surface area contributed by atoms with E-state index in [1.165, 1.54) is 7.11 Å². The molecular formula is C22H22N2O4. The van der Waals surface area contributed by atoms with Gasteiger partial charge in [-0.25, -0.2) is 4.79 Å². The topological polar surface area (TPSA) is 66.9 Å². The number of amides is 2. The molecule has 6 fully saturated rings. The molecule has 8 rings (SSSR count). The predicted octanol–water partition coefficient (Wildman–Crippen LogP) is 2.25. The molecule has 3 heterocycles. The molecule has 3 aliphatic heterocycles. The van der Waals surface area contributed by atoms with Crippen LogP contribution >= 0.6 is 0 Å². The lowest BCUT2D eigenvalue weighted by molar-refractivity contribution is -0.153. The number of Topliss-reactive ketones (excluding diaryl/α,β-unsaturated/α-hetero) is 1. The van der Waals surface area contributed by atoms with Crippen LogP contribution in [0.25, 0.3) is 0 Å². The minimum Gasteiger partial charge on any atom is -0.452 e. The van der Waals surface area contributed by atoms with Crippen LogP contribution in [0.15, 0.2) is 24.3 Å². The molecule has 2 amide bonds. The number of para-hydroxylation sites is 1. The quantitative estimate of drug-likeness (QED) is 0.650. The van der Waals surface area contributed by atoms with E-state index in [4.69, 9.17) is 4.74 Å². The number of ether oxygens (including phenoxy) is 1. The lowest BCUT2D eigenvalue weighted by Gasteiger charge is -2.67. The van der Waals surface area contributed by atoms with Crippen LogP contribution in [0.1, 0.15) is 37.7 Å². The number of methoxy groups -OCH3 is 1. The maximum absolute atomic E-state index is 13.7. The van der Waals surface area contributed by atoms with E-state index in [1.807, 2.05) is 23.1 Å². The van der Waals surface area contributed by atoms with E-state index in [2.05, 4.69) is 6.07 Å². The first-order valence-electron chi connectivity index (χ1n) is 10.4. The number of fused-ring (bicyclic) bond motifs is 2. The van der Waals surface area contributed by atoms with E-state index in [9.17, 15) is 14.4 Å². The van der Waals surface area contributed by atoms with Crippen molar-refractivity contribution in [1.82, 2.24) is 4.90 Å². The fourth-order valence-corrected chi connectivity index (χ4v) is 8.89. The minimum absolute atomic E-state index is 0.00840. The third-order valence-electron chi connectivity index (χ3n) is 9.26. The highest BCUT2D eigenvalue weighted by molar-refractivity contribution is 6.14. The molecule has 1 aromatic carbocycles. The van der Waals surface area contributed by atoms with Gasteiger partial charge in [0.2, 0.25) is 5.91 Å². The van der Waals surface area contributed by atoms with E-state index < -0.39 is 23.0 Å². The van der Waals surface area contributed by atoms with Gasteiger partial charge in [0.1, 0.15) is 5.92 Å². The molecular weight excluding hydrogens is 356 g/mol. The van der Waals surface area contributed by atoms with E-state index in [0.717, 1.165) is 49.9 Å². The van der Waals surface area contributed by atoms with Gasteiger partial charge in [-0.3, -0.25) is 14.5 Å². The number of rotatable bonds is 0. The van der Waals surface area contributed by atoms with Gasteiger partial charge in [-0.05, 0) is 49.1 Å². The average molecular weight is 378 g/mol. The van der Waals surface area contributed by atoms with E-state index in [1.54, 1.807) is 4.90 Å². The van der Waals surface area contributed by atoms with Crippen LogP contribution in [-0.2, 0) is 19.7 Å². The Morgan fingerprint density at radius 3 is 2.82 bits per heavy atom. The summed E-state index contributed by atoms with van der Waals surface area (Å²) in [5.74, 6) is -0.824. The molecule has 4 bridgehead atoms. The van der Waals surface area contributed by atoms with Crippen LogP contribution in [0.2, 0.25) is 0 Å². The zero-order valence-corrected chi connectivity index (χ0v) is 15.8. The second kappa shape index (κ2) is 4.29. The van der Waals surface area contributed by atoms with Gasteiger partial charge < -0.3 is 9.64 Å². The van der Waals surface area contributed by atoms with Crippen molar-refractivity contribution in [2.75, 3.05) is 18.6 Å². The summed E-state index contributed by atoms with van der Waals surface area (Å²) in [5.41, 5.74) is 0.621. The van der Waals surface area contributed by atoms with Crippen molar-refractivity contribution in [3.63, 3.8) is 0 Å². The highest BCUT2D eigenvalue weighted by atomic mass is 16.5. The molecule has 6 heteroatoms. The van der Waals surface area contributed by atoms with Gasteiger partial charge >= 0.3 is 6.09 Å². The second-order valence-electron chi connectivity index (χ2n) is 9.61. The van der Waals surface area contributed by atoms with Crippen molar-refractivity contribution in [1.29, 1.82) is 0 Å². The van der Waals surface area contributed by atoms with Gasteiger partial charge in [0, 0.05) is 12.5 Å². The Morgan fingerprint density at radius 1 is 1.18 bits per heavy atom. The van der Waals surface area contributed by atoms with Crippen molar-refractivity contribution < 1.29 is 19.1 Å². The summed E-state index contributed by atoms with van der Waals surface area (Å²) in [5, 5.41) is 0. The molecule has 6 unspecified atom stereocenters. The Balaban J connectivity index is 1.64. The van der Waals surface area contributed by atoms with Gasteiger partial charge in [-0.2, -0.15) is 0 Å². The molecule has 2 saturated heterocycles. The Hall–Kier alpha value is -2.37. The normalized spacial score (nSPS) is 46.1.